The number of benzene rings is 2. The van der Waals surface area contributed by atoms with Crippen molar-refractivity contribution in [3.8, 4) is 17.3 Å². The zero-order valence-corrected chi connectivity index (χ0v) is 22.6. The van der Waals surface area contributed by atoms with E-state index in [1.54, 1.807) is 24.4 Å². The van der Waals surface area contributed by atoms with E-state index < -0.39 is 11.6 Å². The van der Waals surface area contributed by atoms with Gasteiger partial charge in [-0.05, 0) is 75.9 Å². The fourth-order valence-corrected chi connectivity index (χ4v) is 7.33. The van der Waals surface area contributed by atoms with E-state index in [-0.39, 0.29) is 34.8 Å². The molecule has 4 heterocycles. The van der Waals surface area contributed by atoms with E-state index in [4.69, 9.17) is 9.72 Å². The third-order valence-corrected chi connectivity index (χ3v) is 9.41. The van der Waals surface area contributed by atoms with E-state index >= 15 is 4.39 Å². The number of halogens is 2. The lowest BCUT2D eigenvalue weighted by Crippen LogP contribution is -2.43. The molecule has 0 spiro atoms. The number of pyridine rings is 1. The Morgan fingerprint density at radius 1 is 0.950 bits per heavy atom. The summed E-state index contributed by atoms with van der Waals surface area (Å²) >= 11 is 0. The molecule has 2 atom stereocenters. The van der Waals surface area contributed by atoms with Crippen LogP contribution in [0, 0.1) is 11.6 Å². The lowest BCUT2D eigenvalue weighted by atomic mass is 9.93. The topological polar surface area (TPSA) is 71.4 Å². The van der Waals surface area contributed by atoms with Crippen molar-refractivity contribution >= 4 is 21.7 Å². The molecule has 0 bridgehead atoms. The van der Waals surface area contributed by atoms with E-state index in [0.29, 0.717) is 34.7 Å². The molecular weight excluding hydrogens is 510 g/mol. The summed E-state index contributed by atoms with van der Waals surface area (Å²) in [5.41, 5.74) is 1.33. The van der Waals surface area contributed by atoms with Crippen molar-refractivity contribution in [1.29, 1.82) is 0 Å². The van der Waals surface area contributed by atoms with Gasteiger partial charge in [-0.1, -0.05) is 36.8 Å². The first kappa shape index (κ1) is 25.7. The normalized spacial score (nSPS) is 23.0. The Balaban J connectivity index is 1.35. The lowest BCUT2D eigenvalue weighted by Gasteiger charge is -2.31. The van der Waals surface area contributed by atoms with Gasteiger partial charge in [0, 0.05) is 28.5 Å². The smallest absolute Gasteiger partial charge is 0.317 e. The summed E-state index contributed by atoms with van der Waals surface area (Å²) in [6.45, 7) is 2.65. The lowest BCUT2D eigenvalue weighted by molar-refractivity contribution is 0.107. The van der Waals surface area contributed by atoms with E-state index in [1.807, 2.05) is 12.1 Å². The molecule has 1 aliphatic carbocycles. The van der Waals surface area contributed by atoms with Gasteiger partial charge in [0.1, 0.15) is 23.6 Å². The van der Waals surface area contributed by atoms with Gasteiger partial charge in [-0.25, -0.2) is 8.78 Å². The maximum absolute atomic E-state index is 16.5. The van der Waals surface area contributed by atoms with Crippen molar-refractivity contribution in [2.75, 3.05) is 19.7 Å². The first-order valence-electron chi connectivity index (χ1n) is 14.6. The Labute approximate surface area is 232 Å². The summed E-state index contributed by atoms with van der Waals surface area (Å²) in [5, 5.41) is 11.8. The molecule has 2 aromatic carbocycles. The number of aliphatic hydroxyl groups is 1. The highest BCUT2D eigenvalue weighted by atomic mass is 19.1. The van der Waals surface area contributed by atoms with Gasteiger partial charge in [0.15, 0.2) is 5.82 Å². The van der Waals surface area contributed by atoms with Gasteiger partial charge in [-0.3, -0.25) is 9.88 Å². The third-order valence-electron chi connectivity index (χ3n) is 9.41. The van der Waals surface area contributed by atoms with Gasteiger partial charge in [0.05, 0.1) is 17.3 Å². The Morgan fingerprint density at radius 2 is 1.75 bits per heavy atom. The molecule has 3 fully saturated rings. The molecule has 4 aromatic rings. The van der Waals surface area contributed by atoms with Crippen LogP contribution < -0.4 is 4.74 Å². The summed E-state index contributed by atoms with van der Waals surface area (Å²) in [4.78, 5) is 16.5. The summed E-state index contributed by atoms with van der Waals surface area (Å²) in [5.74, 6) is -0.979. The molecule has 2 saturated heterocycles. The van der Waals surface area contributed by atoms with E-state index in [1.165, 1.54) is 6.07 Å². The Morgan fingerprint density at radius 3 is 2.58 bits per heavy atom. The van der Waals surface area contributed by atoms with E-state index in [2.05, 4.69) is 14.9 Å². The SMILES string of the molecule is OC1CCCC(c2nc(OCC34CCCN3CCC4)nc3c(F)c(-c4cccc5cccc(F)c45)ncc23)CC1. The van der Waals surface area contributed by atoms with E-state index in [9.17, 15) is 9.50 Å². The number of ether oxygens (including phenoxy) is 1. The number of fused-ring (bicyclic) bond motifs is 3. The molecule has 0 radical (unpaired) electrons. The van der Waals surface area contributed by atoms with Crippen molar-refractivity contribution in [1.82, 2.24) is 19.9 Å². The Bertz CT molecular complexity index is 1560. The average Bonchev–Trinajstić information content (AvgIpc) is 3.47. The van der Waals surface area contributed by atoms with Crippen LogP contribution in [-0.2, 0) is 0 Å². The molecule has 40 heavy (non-hydrogen) atoms. The van der Waals surface area contributed by atoms with Crippen LogP contribution in [0.3, 0.4) is 0 Å². The first-order chi connectivity index (χ1) is 19.5. The molecule has 2 aliphatic heterocycles. The molecule has 208 valence electrons. The quantitative estimate of drug-likeness (QED) is 0.288. The van der Waals surface area contributed by atoms with Crippen molar-refractivity contribution in [3.63, 3.8) is 0 Å². The van der Waals surface area contributed by atoms with Crippen molar-refractivity contribution in [3.05, 3.63) is 59.9 Å². The van der Waals surface area contributed by atoms with E-state index in [0.717, 1.165) is 70.2 Å². The molecule has 0 amide bonds. The highest BCUT2D eigenvalue weighted by Gasteiger charge is 2.45. The Kier molecular flexibility index (Phi) is 6.63. The number of aromatic nitrogens is 3. The van der Waals surface area contributed by atoms with Crippen molar-refractivity contribution in [2.45, 2.75) is 75.3 Å². The fraction of sp³-hybridized carbons (Fsp3) is 0.469. The number of hydrogen-bond donors (Lipinski definition) is 1. The van der Waals surface area contributed by atoms with Crippen LogP contribution in [0.1, 0.15) is 69.4 Å². The molecule has 2 aromatic heterocycles. The second-order valence-corrected chi connectivity index (χ2v) is 11.8. The molecule has 1 saturated carbocycles. The minimum absolute atomic E-state index is 0.00728. The first-order valence-corrected chi connectivity index (χ1v) is 14.6. The standard InChI is InChI=1S/C32H34F2N4O2/c33-25-11-3-7-20-6-2-10-23(26(20)25)29-27(34)30-24(18-35-29)28(21-8-1-9-22(39)13-12-21)36-31(37-30)40-19-32-14-4-16-38(32)17-5-15-32/h2-3,6-7,10-11,18,21-22,39H,1,4-5,8-9,12-17,19H2. The molecule has 6 nitrogen and oxygen atoms in total. The van der Waals surface area contributed by atoms with Gasteiger partial charge in [-0.15, -0.1) is 0 Å². The maximum Gasteiger partial charge on any atom is 0.317 e. The second kappa shape index (κ2) is 10.3. The van der Waals surface area contributed by atoms with Gasteiger partial charge in [0.25, 0.3) is 0 Å². The van der Waals surface area contributed by atoms with Crippen LogP contribution in [-0.4, -0.2) is 56.3 Å². The number of rotatable bonds is 5. The summed E-state index contributed by atoms with van der Waals surface area (Å²) < 4.78 is 37.7. The average molecular weight is 545 g/mol. The second-order valence-electron chi connectivity index (χ2n) is 11.8. The molecule has 1 N–H and O–H groups in total. The molecule has 2 unspecified atom stereocenters. The van der Waals surface area contributed by atoms with Gasteiger partial charge < -0.3 is 9.84 Å². The number of nitrogens with zero attached hydrogens (tertiary/aromatic N) is 4. The van der Waals surface area contributed by atoms with Crippen LogP contribution in [0.5, 0.6) is 6.01 Å². The molecule has 8 heteroatoms. The van der Waals surface area contributed by atoms with Crippen LogP contribution in [0.2, 0.25) is 0 Å². The fourth-order valence-electron chi connectivity index (χ4n) is 7.33. The number of aliphatic hydroxyl groups excluding tert-OH is 1. The molecule has 3 aliphatic rings. The largest absolute Gasteiger partial charge is 0.461 e. The minimum Gasteiger partial charge on any atom is -0.461 e. The molecule has 7 rings (SSSR count). The minimum atomic E-state index is -0.600. The predicted octanol–water partition coefficient (Wildman–Crippen LogP) is 6.54. The zero-order valence-electron chi connectivity index (χ0n) is 22.6. The van der Waals surface area contributed by atoms with Gasteiger partial charge >= 0.3 is 6.01 Å². The summed E-state index contributed by atoms with van der Waals surface area (Å²) in [7, 11) is 0. The zero-order chi connectivity index (χ0) is 27.3. The van der Waals surface area contributed by atoms with Crippen LogP contribution in [0.4, 0.5) is 8.78 Å². The van der Waals surface area contributed by atoms with Crippen molar-refractivity contribution in [2.24, 2.45) is 0 Å². The van der Waals surface area contributed by atoms with Crippen LogP contribution >= 0.6 is 0 Å². The summed E-state index contributed by atoms with van der Waals surface area (Å²) in [6.07, 6.45) is 9.68. The highest BCUT2D eigenvalue weighted by Crippen LogP contribution is 2.41. The molecular formula is C32H34F2N4O2. The maximum atomic E-state index is 16.5. The van der Waals surface area contributed by atoms with Crippen molar-refractivity contribution < 1.29 is 18.6 Å². The van der Waals surface area contributed by atoms with Gasteiger partial charge in [0.2, 0.25) is 0 Å². The van der Waals surface area contributed by atoms with Gasteiger partial charge in [-0.2, -0.15) is 9.97 Å². The Hall–Kier alpha value is -3.23. The third kappa shape index (κ3) is 4.41. The van der Waals surface area contributed by atoms with Crippen LogP contribution in [0.15, 0.2) is 42.6 Å². The summed E-state index contributed by atoms with van der Waals surface area (Å²) in [6, 6.07) is 10.3. The number of hydrogen-bond acceptors (Lipinski definition) is 6. The predicted molar refractivity (Wildman–Crippen MR) is 150 cm³/mol. The highest BCUT2D eigenvalue weighted by molar-refractivity contribution is 5.98. The van der Waals surface area contributed by atoms with Crippen LogP contribution in [0.25, 0.3) is 32.9 Å². The monoisotopic (exact) mass is 544 g/mol.